The maximum absolute atomic E-state index is 12.5. The normalized spacial score (nSPS) is 10.9. The predicted molar refractivity (Wildman–Crippen MR) is 116 cm³/mol. The molecule has 0 aliphatic carbocycles. The van der Waals surface area contributed by atoms with Crippen molar-refractivity contribution in [3.63, 3.8) is 0 Å². The highest BCUT2D eigenvalue weighted by atomic mass is 35.5. The molecule has 2 aromatic rings. The summed E-state index contributed by atoms with van der Waals surface area (Å²) in [6.45, 7) is 2.73. The van der Waals surface area contributed by atoms with E-state index < -0.39 is 5.91 Å². The van der Waals surface area contributed by atoms with Crippen molar-refractivity contribution in [2.75, 3.05) is 19.0 Å². The molecule has 2 rings (SSSR count). The minimum Gasteiger partial charge on any atom is -0.497 e. The highest BCUT2D eigenvalue weighted by Gasteiger charge is 2.12. The van der Waals surface area contributed by atoms with Gasteiger partial charge in [-0.15, -0.1) is 0 Å². The number of nitrogens with zero attached hydrogens (tertiary/aromatic N) is 1. The quantitative estimate of drug-likeness (QED) is 0.301. The van der Waals surface area contributed by atoms with Crippen LogP contribution in [0.4, 0.5) is 5.69 Å². The Labute approximate surface area is 176 Å². The predicted octanol–water partition coefficient (Wildman–Crippen LogP) is 5.85. The third kappa shape index (κ3) is 7.17. The second kappa shape index (κ2) is 11.8. The third-order valence-electron chi connectivity index (χ3n) is 4.24. The van der Waals surface area contributed by atoms with Crippen molar-refractivity contribution in [2.45, 2.75) is 32.6 Å². The van der Waals surface area contributed by atoms with Gasteiger partial charge in [0.25, 0.3) is 5.91 Å². The van der Waals surface area contributed by atoms with Gasteiger partial charge < -0.3 is 14.8 Å². The van der Waals surface area contributed by atoms with E-state index in [1.54, 1.807) is 49.6 Å². The molecule has 0 aliphatic rings. The number of carbonyl (C=O) groups is 1. The van der Waals surface area contributed by atoms with Crippen LogP contribution in [0.5, 0.6) is 11.5 Å². The molecule has 0 aliphatic heterocycles. The zero-order valence-corrected chi connectivity index (χ0v) is 17.5. The molecule has 0 aromatic heterocycles. The molecule has 5 nitrogen and oxygen atoms in total. The fourth-order valence-electron chi connectivity index (χ4n) is 2.65. The fourth-order valence-corrected chi connectivity index (χ4v) is 2.83. The number of amides is 1. The van der Waals surface area contributed by atoms with Gasteiger partial charge in [0.15, 0.2) is 0 Å². The molecule has 0 atom stereocenters. The molecule has 29 heavy (non-hydrogen) atoms. The summed E-state index contributed by atoms with van der Waals surface area (Å²) in [5.41, 5.74) is 1.11. The third-order valence-corrected chi connectivity index (χ3v) is 4.48. The number of nitrogens with one attached hydrogen (secondary N) is 1. The number of carbonyl (C=O) groups excluding carboxylic acids is 1. The van der Waals surface area contributed by atoms with Gasteiger partial charge in [-0.05, 0) is 55.0 Å². The van der Waals surface area contributed by atoms with Gasteiger partial charge in [0.05, 0.1) is 13.7 Å². The average Bonchev–Trinajstić information content (AvgIpc) is 2.73. The first-order chi connectivity index (χ1) is 14.1. The van der Waals surface area contributed by atoms with Crippen LogP contribution in [-0.2, 0) is 4.79 Å². The zero-order valence-electron chi connectivity index (χ0n) is 16.7. The molecule has 1 N–H and O–H groups in total. The molecular formula is C23H25ClN2O3. The van der Waals surface area contributed by atoms with Crippen molar-refractivity contribution in [1.82, 2.24) is 0 Å². The number of anilines is 1. The Morgan fingerprint density at radius 3 is 2.59 bits per heavy atom. The Morgan fingerprint density at radius 2 is 1.93 bits per heavy atom. The monoisotopic (exact) mass is 412 g/mol. The summed E-state index contributed by atoms with van der Waals surface area (Å²) in [6.07, 6.45) is 5.86. The lowest BCUT2D eigenvalue weighted by atomic mass is 10.1. The topological polar surface area (TPSA) is 71.3 Å². The number of halogens is 1. The van der Waals surface area contributed by atoms with E-state index in [1.165, 1.54) is 12.5 Å². The van der Waals surface area contributed by atoms with Gasteiger partial charge >= 0.3 is 0 Å². The largest absolute Gasteiger partial charge is 0.497 e. The van der Waals surface area contributed by atoms with Gasteiger partial charge in [0.1, 0.15) is 23.1 Å². The molecule has 6 heteroatoms. The van der Waals surface area contributed by atoms with Gasteiger partial charge in [0, 0.05) is 16.3 Å². The van der Waals surface area contributed by atoms with E-state index in [9.17, 15) is 10.1 Å². The minimum atomic E-state index is -0.508. The standard InChI is InChI=1S/C23H25ClN2O3/c1-3-4-5-6-13-29-22-12-7-19(24)15-17(22)14-18(16-25)23(27)26-20-8-10-21(28-2)11-9-20/h7-12,14-15H,3-6,13H2,1-2H3,(H,26,27)/b18-14-. The van der Waals surface area contributed by atoms with Crippen LogP contribution in [0.3, 0.4) is 0 Å². The molecule has 0 spiro atoms. The molecule has 2 aromatic carbocycles. The highest BCUT2D eigenvalue weighted by Crippen LogP contribution is 2.26. The lowest BCUT2D eigenvalue weighted by Crippen LogP contribution is -2.13. The Hall–Kier alpha value is -2.97. The Morgan fingerprint density at radius 1 is 1.17 bits per heavy atom. The highest BCUT2D eigenvalue weighted by molar-refractivity contribution is 6.30. The van der Waals surface area contributed by atoms with Gasteiger partial charge in [0.2, 0.25) is 0 Å². The van der Waals surface area contributed by atoms with E-state index >= 15 is 0 Å². The smallest absolute Gasteiger partial charge is 0.266 e. The maximum atomic E-state index is 12.5. The van der Waals surface area contributed by atoms with Crippen molar-refractivity contribution >= 4 is 29.3 Å². The van der Waals surface area contributed by atoms with Crippen LogP contribution in [0.25, 0.3) is 6.08 Å². The number of hydrogen-bond acceptors (Lipinski definition) is 4. The first-order valence-electron chi connectivity index (χ1n) is 9.57. The molecule has 0 unspecified atom stereocenters. The number of benzene rings is 2. The van der Waals surface area contributed by atoms with Gasteiger partial charge in [-0.1, -0.05) is 37.8 Å². The van der Waals surface area contributed by atoms with Crippen molar-refractivity contribution in [1.29, 1.82) is 5.26 Å². The number of hydrogen-bond donors (Lipinski definition) is 1. The summed E-state index contributed by atoms with van der Waals surface area (Å²) >= 11 is 6.10. The molecule has 1 amide bonds. The van der Waals surface area contributed by atoms with Crippen LogP contribution in [0.15, 0.2) is 48.0 Å². The van der Waals surface area contributed by atoms with Crippen LogP contribution in [-0.4, -0.2) is 19.6 Å². The van der Waals surface area contributed by atoms with Gasteiger partial charge in [-0.25, -0.2) is 0 Å². The number of rotatable bonds is 10. The molecule has 0 fully saturated rings. The van der Waals surface area contributed by atoms with Crippen LogP contribution >= 0.6 is 11.6 Å². The van der Waals surface area contributed by atoms with Crippen molar-refractivity contribution in [3.05, 3.63) is 58.6 Å². The minimum absolute atomic E-state index is 0.0427. The Balaban J connectivity index is 2.14. The second-order valence-electron chi connectivity index (χ2n) is 6.44. The number of methoxy groups -OCH3 is 1. The molecule has 0 bridgehead atoms. The number of nitriles is 1. The van der Waals surface area contributed by atoms with E-state index in [-0.39, 0.29) is 5.57 Å². The SMILES string of the molecule is CCCCCCOc1ccc(Cl)cc1/C=C(/C#N)C(=O)Nc1ccc(OC)cc1. The first kappa shape index (κ1) is 22.3. The Bertz CT molecular complexity index is 886. The lowest BCUT2D eigenvalue weighted by molar-refractivity contribution is -0.112. The molecule has 152 valence electrons. The fraction of sp³-hybridized carbons (Fsp3) is 0.304. The molecule has 0 saturated carbocycles. The van der Waals surface area contributed by atoms with Crippen LogP contribution in [0, 0.1) is 11.3 Å². The van der Waals surface area contributed by atoms with Gasteiger partial charge in [-0.2, -0.15) is 5.26 Å². The molecule has 0 saturated heterocycles. The molecular weight excluding hydrogens is 388 g/mol. The zero-order chi connectivity index (χ0) is 21.1. The summed E-state index contributed by atoms with van der Waals surface area (Å²) in [6, 6.07) is 14.0. The van der Waals surface area contributed by atoms with Crippen LogP contribution < -0.4 is 14.8 Å². The molecule has 0 radical (unpaired) electrons. The van der Waals surface area contributed by atoms with Crippen LogP contribution in [0.2, 0.25) is 5.02 Å². The number of ether oxygens (including phenoxy) is 2. The van der Waals surface area contributed by atoms with Gasteiger partial charge in [-0.3, -0.25) is 4.79 Å². The summed E-state index contributed by atoms with van der Waals surface area (Å²) < 4.78 is 10.9. The van der Waals surface area contributed by atoms with Crippen molar-refractivity contribution in [3.8, 4) is 17.6 Å². The Kier molecular flexibility index (Phi) is 9.07. The van der Waals surface area contributed by atoms with E-state index in [2.05, 4.69) is 12.2 Å². The van der Waals surface area contributed by atoms with E-state index in [0.717, 1.165) is 19.3 Å². The average molecular weight is 413 g/mol. The summed E-state index contributed by atoms with van der Waals surface area (Å²) in [4.78, 5) is 12.5. The lowest BCUT2D eigenvalue weighted by Gasteiger charge is -2.10. The first-order valence-corrected chi connectivity index (χ1v) is 9.94. The number of unbranched alkanes of at least 4 members (excludes halogenated alkanes) is 3. The second-order valence-corrected chi connectivity index (χ2v) is 6.88. The van der Waals surface area contributed by atoms with Crippen molar-refractivity contribution in [2.24, 2.45) is 0 Å². The summed E-state index contributed by atoms with van der Waals surface area (Å²) in [5.74, 6) is 0.765. The van der Waals surface area contributed by atoms with Crippen molar-refractivity contribution < 1.29 is 14.3 Å². The van der Waals surface area contributed by atoms with E-state index in [4.69, 9.17) is 21.1 Å². The van der Waals surface area contributed by atoms with E-state index in [0.29, 0.717) is 34.4 Å². The van der Waals surface area contributed by atoms with Crippen LogP contribution in [0.1, 0.15) is 38.2 Å². The maximum Gasteiger partial charge on any atom is 0.266 e. The summed E-state index contributed by atoms with van der Waals surface area (Å²) in [7, 11) is 1.57. The van der Waals surface area contributed by atoms with E-state index in [1.807, 2.05) is 6.07 Å². The molecule has 0 heterocycles. The summed E-state index contributed by atoms with van der Waals surface area (Å²) in [5, 5.41) is 12.7.